The largest absolute Gasteiger partial charge is 0.378 e. The first-order valence-corrected chi connectivity index (χ1v) is 6.84. The molecule has 1 aliphatic rings. The van der Waals surface area contributed by atoms with Gasteiger partial charge in [0.2, 0.25) is 5.91 Å². The van der Waals surface area contributed by atoms with Crippen molar-refractivity contribution < 1.29 is 9.53 Å². The standard InChI is InChI=1S/C13H26N2O2/c1-2-11(7-8-14)10-15-13(16)6-5-12-4-3-9-17-12/h11-12H,2-10,14H2,1H3,(H,15,16). The van der Waals surface area contributed by atoms with Crippen LogP contribution >= 0.6 is 0 Å². The van der Waals surface area contributed by atoms with E-state index in [1.165, 1.54) is 0 Å². The summed E-state index contributed by atoms with van der Waals surface area (Å²) < 4.78 is 5.49. The zero-order valence-corrected chi connectivity index (χ0v) is 10.9. The Balaban J connectivity index is 2.07. The Morgan fingerprint density at radius 1 is 1.59 bits per heavy atom. The van der Waals surface area contributed by atoms with E-state index in [0.29, 0.717) is 25.0 Å². The van der Waals surface area contributed by atoms with Gasteiger partial charge in [-0.05, 0) is 38.1 Å². The van der Waals surface area contributed by atoms with Gasteiger partial charge in [0.1, 0.15) is 0 Å². The van der Waals surface area contributed by atoms with Crippen LogP contribution in [0.25, 0.3) is 0 Å². The van der Waals surface area contributed by atoms with Gasteiger partial charge in [-0.1, -0.05) is 13.3 Å². The monoisotopic (exact) mass is 242 g/mol. The Hall–Kier alpha value is -0.610. The third-order valence-corrected chi connectivity index (χ3v) is 3.46. The highest BCUT2D eigenvalue weighted by molar-refractivity contribution is 5.75. The average Bonchev–Trinajstić information content (AvgIpc) is 2.85. The van der Waals surface area contributed by atoms with Crippen molar-refractivity contribution in [1.29, 1.82) is 0 Å². The molecule has 0 bridgehead atoms. The first-order valence-electron chi connectivity index (χ1n) is 6.84. The predicted octanol–water partition coefficient (Wildman–Crippen LogP) is 1.44. The molecule has 1 amide bonds. The second-order valence-corrected chi connectivity index (χ2v) is 4.83. The van der Waals surface area contributed by atoms with Gasteiger partial charge in [0.05, 0.1) is 6.10 Å². The number of hydrogen-bond acceptors (Lipinski definition) is 3. The maximum atomic E-state index is 11.6. The van der Waals surface area contributed by atoms with Crippen molar-refractivity contribution in [3.63, 3.8) is 0 Å². The number of rotatable bonds is 8. The average molecular weight is 242 g/mol. The summed E-state index contributed by atoms with van der Waals surface area (Å²) in [5.74, 6) is 0.669. The molecule has 0 radical (unpaired) electrons. The number of amides is 1. The lowest BCUT2D eigenvalue weighted by Crippen LogP contribution is -2.30. The van der Waals surface area contributed by atoms with Crippen molar-refractivity contribution in [3.05, 3.63) is 0 Å². The Labute approximate surface area is 104 Å². The highest BCUT2D eigenvalue weighted by Gasteiger charge is 2.16. The third-order valence-electron chi connectivity index (χ3n) is 3.46. The summed E-state index contributed by atoms with van der Waals surface area (Å²) in [5, 5.41) is 2.99. The van der Waals surface area contributed by atoms with Gasteiger partial charge in [-0.15, -0.1) is 0 Å². The van der Waals surface area contributed by atoms with Crippen LogP contribution in [0.2, 0.25) is 0 Å². The maximum absolute atomic E-state index is 11.6. The molecule has 3 N–H and O–H groups in total. The Bertz CT molecular complexity index is 215. The number of carbonyl (C=O) groups is 1. The van der Waals surface area contributed by atoms with E-state index in [0.717, 1.165) is 45.3 Å². The maximum Gasteiger partial charge on any atom is 0.220 e. The van der Waals surface area contributed by atoms with Crippen molar-refractivity contribution >= 4 is 5.91 Å². The van der Waals surface area contributed by atoms with E-state index in [-0.39, 0.29) is 5.91 Å². The quantitative estimate of drug-likeness (QED) is 0.677. The Morgan fingerprint density at radius 3 is 3.00 bits per heavy atom. The molecule has 0 spiro atoms. The fraction of sp³-hybridized carbons (Fsp3) is 0.923. The molecule has 17 heavy (non-hydrogen) atoms. The molecular formula is C13H26N2O2. The smallest absolute Gasteiger partial charge is 0.220 e. The lowest BCUT2D eigenvalue weighted by atomic mass is 10.0. The van der Waals surface area contributed by atoms with Gasteiger partial charge in [0, 0.05) is 19.6 Å². The van der Waals surface area contributed by atoms with E-state index >= 15 is 0 Å². The molecule has 4 heteroatoms. The molecular weight excluding hydrogens is 216 g/mol. The third kappa shape index (κ3) is 6.03. The minimum absolute atomic E-state index is 0.149. The van der Waals surface area contributed by atoms with Crippen molar-refractivity contribution in [2.75, 3.05) is 19.7 Å². The van der Waals surface area contributed by atoms with Gasteiger partial charge >= 0.3 is 0 Å². The summed E-state index contributed by atoms with van der Waals surface area (Å²) in [7, 11) is 0. The summed E-state index contributed by atoms with van der Waals surface area (Å²) in [6.45, 7) is 4.46. The second kappa shape index (κ2) is 8.48. The molecule has 1 aliphatic heterocycles. The van der Waals surface area contributed by atoms with Crippen molar-refractivity contribution in [2.45, 2.75) is 51.6 Å². The number of nitrogens with one attached hydrogen (secondary N) is 1. The molecule has 1 saturated heterocycles. The van der Waals surface area contributed by atoms with E-state index in [4.69, 9.17) is 10.5 Å². The first kappa shape index (κ1) is 14.5. The molecule has 1 rings (SSSR count). The highest BCUT2D eigenvalue weighted by atomic mass is 16.5. The molecule has 1 heterocycles. The summed E-state index contributed by atoms with van der Waals surface area (Å²) in [5.41, 5.74) is 5.52. The molecule has 0 saturated carbocycles. The topological polar surface area (TPSA) is 64.3 Å². The van der Waals surface area contributed by atoms with Gasteiger partial charge in [-0.25, -0.2) is 0 Å². The summed E-state index contributed by atoms with van der Waals surface area (Å²) >= 11 is 0. The molecule has 2 unspecified atom stereocenters. The van der Waals surface area contributed by atoms with Crippen LogP contribution in [0.4, 0.5) is 0 Å². The SMILES string of the molecule is CCC(CCN)CNC(=O)CCC1CCCO1. The van der Waals surface area contributed by atoms with Crippen molar-refractivity contribution in [1.82, 2.24) is 5.32 Å². The van der Waals surface area contributed by atoms with Gasteiger partial charge < -0.3 is 15.8 Å². The lowest BCUT2D eigenvalue weighted by molar-refractivity contribution is -0.121. The lowest BCUT2D eigenvalue weighted by Gasteiger charge is -2.15. The molecule has 0 aromatic heterocycles. The molecule has 1 fully saturated rings. The zero-order valence-electron chi connectivity index (χ0n) is 10.9. The molecule has 2 atom stereocenters. The number of carbonyl (C=O) groups excluding carboxylic acids is 1. The number of nitrogens with two attached hydrogens (primary N) is 1. The summed E-state index contributed by atoms with van der Waals surface area (Å²) in [6, 6.07) is 0. The van der Waals surface area contributed by atoms with Gasteiger partial charge in [-0.2, -0.15) is 0 Å². The predicted molar refractivity (Wildman–Crippen MR) is 68.7 cm³/mol. The van der Waals surface area contributed by atoms with Gasteiger partial charge in [-0.3, -0.25) is 4.79 Å². The van der Waals surface area contributed by atoms with Crippen LogP contribution < -0.4 is 11.1 Å². The fourth-order valence-electron chi connectivity index (χ4n) is 2.20. The molecule has 0 aromatic rings. The van der Waals surface area contributed by atoms with Crippen LogP contribution in [-0.4, -0.2) is 31.7 Å². The Kier molecular flexibility index (Phi) is 7.21. The minimum Gasteiger partial charge on any atom is -0.378 e. The normalized spacial score (nSPS) is 21.4. The first-order chi connectivity index (χ1) is 8.26. The van der Waals surface area contributed by atoms with E-state index in [2.05, 4.69) is 12.2 Å². The molecule has 4 nitrogen and oxygen atoms in total. The van der Waals surface area contributed by atoms with Gasteiger partial charge in [0.15, 0.2) is 0 Å². The Morgan fingerprint density at radius 2 is 2.41 bits per heavy atom. The molecule has 0 aromatic carbocycles. The second-order valence-electron chi connectivity index (χ2n) is 4.83. The van der Waals surface area contributed by atoms with Crippen LogP contribution in [0, 0.1) is 5.92 Å². The van der Waals surface area contributed by atoms with Gasteiger partial charge in [0.25, 0.3) is 0 Å². The van der Waals surface area contributed by atoms with Crippen LogP contribution in [0.15, 0.2) is 0 Å². The number of hydrogen-bond donors (Lipinski definition) is 2. The van der Waals surface area contributed by atoms with Crippen molar-refractivity contribution in [3.8, 4) is 0 Å². The van der Waals surface area contributed by atoms with Crippen LogP contribution in [-0.2, 0) is 9.53 Å². The van der Waals surface area contributed by atoms with Crippen LogP contribution in [0.1, 0.15) is 45.4 Å². The summed E-state index contributed by atoms with van der Waals surface area (Å²) in [4.78, 5) is 11.6. The minimum atomic E-state index is 0.149. The molecule has 0 aliphatic carbocycles. The summed E-state index contributed by atoms with van der Waals surface area (Å²) in [6.07, 6.45) is 6.07. The van der Waals surface area contributed by atoms with E-state index in [1.54, 1.807) is 0 Å². The van der Waals surface area contributed by atoms with E-state index in [9.17, 15) is 4.79 Å². The van der Waals surface area contributed by atoms with E-state index in [1.807, 2.05) is 0 Å². The fourth-order valence-corrected chi connectivity index (χ4v) is 2.20. The highest BCUT2D eigenvalue weighted by Crippen LogP contribution is 2.16. The van der Waals surface area contributed by atoms with Crippen molar-refractivity contribution in [2.24, 2.45) is 11.7 Å². The zero-order chi connectivity index (χ0) is 12.5. The molecule has 100 valence electrons. The van der Waals surface area contributed by atoms with E-state index < -0.39 is 0 Å². The number of ether oxygens (including phenoxy) is 1. The van der Waals surface area contributed by atoms with Crippen LogP contribution in [0.5, 0.6) is 0 Å². The van der Waals surface area contributed by atoms with Crippen LogP contribution in [0.3, 0.4) is 0 Å².